The second kappa shape index (κ2) is 3.86. The lowest BCUT2D eigenvalue weighted by Crippen LogP contribution is -2.20. The maximum atomic E-state index is 11.7. The third-order valence-corrected chi connectivity index (χ3v) is 3.01. The van der Waals surface area contributed by atoms with Crippen LogP contribution in [0, 0.1) is 12.3 Å². The van der Waals surface area contributed by atoms with Crippen molar-refractivity contribution in [3.63, 3.8) is 0 Å². The number of carbonyl (C=O) groups excluding carboxylic acids is 1. The van der Waals surface area contributed by atoms with Crippen LogP contribution in [0.15, 0.2) is 28.2 Å². The summed E-state index contributed by atoms with van der Waals surface area (Å²) >= 11 is 1.32. The van der Waals surface area contributed by atoms with E-state index in [4.69, 9.17) is 9.83 Å². The number of rotatable bonds is 3. The Morgan fingerprint density at radius 3 is 3.00 bits per heavy atom. The summed E-state index contributed by atoms with van der Waals surface area (Å²) in [5, 5.41) is 9.47. The standard InChI is InChI=1S/C10H10N2O2S/c1-7-6-15-10(11)12(7)5-8(13)9-3-2-4-14-9/h2-4,6,11H,5H2,1H3. The maximum Gasteiger partial charge on any atom is 0.217 e. The van der Waals surface area contributed by atoms with Gasteiger partial charge in [-0.15, -0.1) is 11.3 Å². The van der Waals surface area contributed by atoms with Crippen LogP contribution in [0.2, 0.25) is 0 Å². The zero-order valence-corrected chi connectivity index (χ0v) is 9.00. The van der Waals surface area contributed by atoms with Gasteiger partial charge in [-0.2, -0.15) is 0 Å². The highest BCUT2D eigenvalue weighted by atomic mass is 32.1. The molecule has 2 aromatic rings. The summed E-state index contributed by atoms with van der Waals surface area (Å²) in [7, 11) is 0. The normalized spacial score (nSPS) is 10.5. The van der Waals surface area contributed by atoms with Crippen molar-refractivity contribution in [2.45, 2.75) is 13.5 Å². The van der Waals surface area contributed by atoms with Crippen LogP contribution in [-0.2, 0) is 6.54 Å². The number of thiazole rings is 1. The first kappa shape index (κ1) is 9.92. The Morgan fingerprint density at radius 1 is 1.67 bits per heavy atom. The summed E-state index contributed by atoms with van der Waals surface area (Å²) in [5.41, 5.74) is 0.921. The fourth-order valence-electron chi connectivity index (χ4n) is 1.28. The average molecular weight is 222 g/mol. The molecule has 1 N–H and O–H groups in total. The number of carbonyl (C=O) groups is 1. The molecule has 5 heteroatoms. The smallest absolute Gasteiger partial charge is 0.217 e. The van der Waals surface area contributed by atoms with Gasteiger partial charge in [0.05, 0.1) is 12.8 Å². The van der Waals surface area contributed by atoms with Crippen molar-refractivity contribution in [3.8, 4) is 0 Å². The molecule has 0 unspecified atom stereocenters. The van der Waals surface area contributed by atoms with Gasteiger partial charge in [-0.25, -0.2) is 0 Å². The Balaban J connectivity index is 2.24. The zero-order chi connectivity index (χ0) is 10.8. The second-order valence-electron chi connectivity index (χ2n) is 3.17. The summed E-state index contributed by atoms with van der Waals surface area (Å²) in [6, 6.07) is 3.31. The van der Waals surface area contributed by atoms with Crippen LogP contribution in [0.4, 0.5) is 0 Å². The molecule has 0 radical (unpaired) electrons. The number of aryl methyl sites for hydroxylation is 1. The van der Waals surface area contributed by atoms with Crippen LogP contribution in [-0.4, -0.2) is 10.4 Å². The van der Waals surface area contributed by atoms with E-state index in [0.29, 0.717) is 10.6 Å². The minimum absolute atomic E-state index is 0.111. The Morgan fingerprint density at radius 2 is 2.47 bits per heavy atom. The van der Waals surface area contributed by atoms with Crippen LogP contribution in [0.3, 0.4) is 0 Å². The molecule has 2 rings (SSSR count). The van der Waals surface area contributed by atoms with Gasteiger partial charge in [0.2, 0.25) is 5.78 Å². The van der Waals surface area contributed by atoms with Gasteiger partial charge in [0.1, 0.15) is 0 Å². The molecule has 0 aromatic carbocycles. The number of ketones is 1. The molecule has 0 fully saturated rings. The molecular formula is C10H10N2O2S. The summed E-state index contributed by atoms with van der Waals surface area (Å²) in [5.74, 6) is 0.229. The third kappa shape index (κ3) is 1.92. The lowest BCUT2D eigenvalue weighted by molar-refractivity contribution is 0.0943. The zero-order valence-electron chi connectivity index (χ0n) is 8.19. The van der Waals surface area contributed by atoms with E-state index in [9.17, 15) is 4.79 Å². The van der Waals surface area contributed by atoms with Crippen LogP contribution in [0.1, 0.15) is 16.2 Å². The molecule has 0 spiro atoms. The van der Waals surface area contributed by atoms with E-state index in [0.717, 1.165) is 5.69 Å². The Kier molecular flexibility index (Phi) is 2.55. The van der Waals surface area contributed by atoms with Crippen LogP contribution >= 0.6 is 11.3 Å². The summed E-state index contributed by atoms with van der Waals surface area (Å²) < 4.78 is 6.67. The summed E-state index contributed by atoms with van der Waals surface area (Å²) in [6.07, 6.45) is 1.47. The van der Waals surface area contributed by atoms with E-state index in [-0.39, 0.29) is 12.3 Å². The van der Waals surface area contributed by atoms with E-state index in [1.54, 1.807) is 16.7 Å². The first-order valence-corrected chi connectivity index (χ1v) is 5.32. The van der Waals surface area contributed by atoms with Gasteiger partial charge in [-0.05, 0) is 19.1 Å². The van der Waals surface area contributed by atoms with Crippen molar-refractivity contribution in [2.75, 3.05) is 0 Å². The molecule has 0 aliphatic rings. The first-order chi connectivity index (χ1) is 7.18. The van der Waals surface area contributed by atoms with Crippen molar-refractivity contribution in [1.29, 1.82) is 5.41 Å². The topological polar surface area (TPSA) is 59.0 Å². The van der Waals surface area contributed by atoms with E-state index in [1.807, 2.05) is 12.3 Å². The molecular weight excluding hydrogens is 212 g/mol. The first-order valence-electron chi connectivity index (χ1n) is 4.44. The van der Waals surface area contributed by atoms with E-state index >= 15 is 0 Å². The molecule has 0 amide bonds. The number of nitrogens with zero attached hydrogens (tertiary/aromatic N) is 1. The number of nitrogens with one attached hydrogen (secondary N) is 1. The number of furan rings is 1. The lowest BCUT2D eigenvalue weighted by Gasteiger charge is -2.02. The molecule has 15 heavy (non-hydrogen) atoms. The number of hydrogen-bond donors (Lipinski definition) is 1. The molecule has 78 valence electrons. The SMILES string of the molecule is Cc1csc(=N)n1CC(=O)c1ccco1. The maximum absolute atomic E-state index is 11.7. The molecule has 0 saturated heterocycles. The van der Waals surface area contributed by atoms with Gasteiger partial charge >= 0.3 is 0 Å². The largest absolute Gasteiger partial charge is 0.461 e. The highest BCUT2D eigenvalue weighted by Crippen LogP contribution is 2.05. The molecule has 0 bridgehead atoms. The highest BCUT2D eigenvalue weighted by molar-refractivity contribution is 7.07. The summed E-state index contributed by atoms with van der Waals surface area (Å²) in [4.78, 5) is 12.1. The minimum atomic E-state index is -0.111. The third-order valence-electron chi connectivity index (χ3n) is 2.11. The van der Waals surface area contributed by atoms with Crippen molar-refractivity contribution < 1.29 is 9.21 Å². The van der Waals surface area contributed by atoms with Crippen LogP contribution in [0.5, 0.6) is 0 Å². The Hall–Kier alpha value is -1.62. The van der Waals surface area contributed by atoms with Gasteiger partial charge in [-0.3, -0.25) is 10.2 Å². The fourth-order valence-corrected chi connectivity index (χ4v) is 2.03. The summed E-state index contributed by atoms with van der Waals surface area (Å²) in [6.45, 7) is 2.05. The van der Waals surface area contributed by atoms with Gasteiger partial charge in [0.25, 0.3) is 0 Å². The highest BCUT2D eigenvalue weighted by Gasteiger charge is 2.11. The van der Waals surface area contributed by atoms with Crippen molar-refractivity contribution in [2.24, 2.45) is 0 Å². The molecule has 0 aliphatic carbocycles. The van der Waals surface area contributed by atoms with Crippen LogP contribution in [0.25, 0.3) is 0 Å². The molecule has 2 heterocycles. The average Bonchev–Trinajstić information content (AvgIpc) is 2.82. The van der Waals surface area contributed by atoms with Crippen LogP contribution < -0.4 is 4.80 Å². The quantitative estimate of drug-likeness (QED) is 0.805. The number of aromatic nitrogens is 1. The van der Waals surface area contributed by atoms with Crippen molar-refractivity contribution >= 4 is 17.1 Å². The molecule has 0 saturated carbocycles. The number of Topliss-reactive ketones (excluding diaryl/α,β-unsaturated/α-hetero) is 1. The van der Waals surface area contributed by atoms with Gasteiger partial charge in [0, 0.05) is 11.1 Å². The minimum Gasteiger partial charge on any atom is -0.461 e. The molecule has 2 aromatic heterocycles. The predicted molar refractivity (Wildman–Crippen MR) is 55.9 cm³/mol. The lowest BCUT2D eigenvalue weighted by atomic mass is 10.3. The van der Waals surface area contributed by atoms with Gasteiger partial charge in [-0.1, -0.05) is 0 Å². The van der Waals surface area contributed by atoms with Crippen molar-refractivity contribution in [1.82, 2.24) is 4.57 Å². The predicted octanol–water partition coefficient (Wildman–Crippen LogP) is 1.81. The molecule has 0 aliphatic heterocycles. The molecule has 0 atom stereocenters. The molecule has 4 nitrogen and oxygen atoms in total. The van der Waals surface area contributed by atoms with E-state index < -0.39 is 0 Å². The van der Waals surface area contributed by atoms with Gasteiger partial charge < -0.3 is 8.98 Å². The Labute approximate surface area is 90.3 Å². The second-order valence-corrected chi connectivity index (χ2v) is 4.03. The monoisotopic (exact) mass is 222 g/mol. The fraction of sp³-hybridized carbons (Fsp3) is 0.200. The number of hydrogen-bond acceptors (Lipinski definition) is 4. The van der Waals surface area contributed by atoms with E-state index in [2.05, 4.69) is 0 Å². The Bertz CT molecular complexity index is 522. The van der Waals surface area contributed by atoms with E-state index in [1.165, 1.54) is 17.6 Å². The van der Waals surface area contributed by atoms with Crippen molar-refractivity contribution in [3.05, 3.63) is 40.0 Å². The van der Waals surface area contributed by atoms with Gasteiger partial charge in [0.15, 0.2) is 10.6 Å².